The molecule has 6 N–H and O–H groups in total. The zero-order chi connectivity index (χ0) is 25.2. The van der Waals surface area contributed by atoms with Crippen LogP contribution >= 0.6 is 0 Å². The number of ketones is 1. The summed E-state index contributed by atoms with van der Waals surface area (Å²) in [6.07, 6.45) is 13.2. The second-order valence-corrected chi connectivity index (χ2v) is 10.3. The van der Waals surface area contributed by atoms with Gasteiger partial charge in [-0.3, -0.25) is 4.79 Å². The van der Waals surface area contributed by atoms with Crippen molar-refractivity contribution in [3.63, 3.8) is 0 Å². The highest BCUT2D eigenvalue weighted by molar-refractivity contribution is 5.88. The molecule has 2 unspecified atom stereocenters. The van der Waals surface area contributed by atoms with E-state index in [0.717, 1.165) is 25.2 Å². The maximum absolute atomic E-state index is 12.8. The third kappa shape index (κ3) is 12.1. The molecule has 0 fully saturated rings. The van der Waals surface area contributed by atoms with Crippen molar-refractivity contribution < 1.29 is 35.4 Å². The van der Waals surface area contributed by atoms with Gasteiger partial charge in [0.25, 0.3) is 0 Å². The van der Waals surface area contributed by atoms with Crippen LogP contribution in [0.15, 0.2) is 0 Å². The third-order valence-electron chi connectivity index (χ3n) is 6.92. The summed E-state index contributed by atoms with van der Waals surface area (Å²) in [5, 5.41) is 58.9. The number of carbonyl (C=O) groups is 1. The summed E-state index contributed by atoms with van der Waals surface area (Å²) >= 11 is 0. The van der Waals surface area contributed by atoms with Crippen molar-refractivity contribution in [3.05, 3.63) is 0 Å². The van der Waals surface area contributed by atoms with E-state index in [-0.39, 0.29) is 6.42 Å². The first-order chi connectivity index (χ1) is 15.7. The molecule has 0 aromatic heterocycles. The summed E-state index contributed by atoms with van der Waals surface area (Å²) in [5.41, 5.74) is -4.20. The van der Waals surface area contributed by atoms with Crippen LogP contribution in [0.2, 0.25) is 0 Å². The Kier molecular flexibility index (Phi) is 18.4. The van der Waals surface area contributed by atoms with E-state index in [0.29, 0.717) is 6.42 Å². The van der Waals surface area contributed by atoms with Gasteiger partial charge in [-0.2, -0.15) is 0 Å². The molecule has 0 heterocycles. The van der Waals surface area contributed by atoms with Crippen LogP contribution in [0.4, 0.5) is 0 Å². The highest BCUT2D eigenvalue weighted by Crippen LogP contribution is 2.37. The number of aliphatic hydroxyl groups excluding tert-OH is 5. The molecule has 7 heteroatoms. The van der Waals surface area contributed by atoms with Gasteiger partial charge in [-0.25, -0.2) is 0 Å². The number of aliphatic hydroxyl groups is 6. The number of Topliss-reactive ketones (excluding diaryl/α,β-unsaturated/α-hetero) is 1. The molecule has 0 bridgehead atoms. The van der Waals surface area contributed by atoms with Gasteiger partial charge >= 0.3 is 0 Å². The summed E-state index contributed by atoms with van der Waals surface area (Å²) in [7, 11) is 0. The van der Waals surface area contributed by atoms with Gasteiger partial charge in [-0.1, -0.05) is 90.9 Å². The van der Waals surface area contributed by atoms with Crippen LogP contribution < -0.4 is 0 Å². The summed E-state index contributed by atoms with van der Waals surface area (Å²) in [6, 6.07) is 0. The third-order valence-corrected chi connectivity index (χ3v) is 6.92. The van der Waals surface area contributed by atoms with Gasteiger partial charge in [0.05, 0.1) is 37.9 Å². The van der Waals surface area contributed by atoms with Crippen molar-refractivity contribution in [2.24, 2.45) is 11.3 Å². The Bertz CT molecular complexity index is 471. The minimum atomic E-state index is -2.32. The van der Waals surface area contributed by atoms with Crippen LogP contribution in [-0.2, 0) is 4.79 Å². The predicted molar refractivity (Wildman–Crippen MR) is 131 cm³/mol. The largest absolute Gasteiger partial charge is 0.395 e. The summed E-state index contributed by atoms with van der Waals surface area (Å²) < 4.78 is 0. The molecular weight excluding hydrogens is 424 g/mol. The van der Waals surface area contributed by atoms with E-state index in [2.05, 4.69) is 13.8 Å². The van der Waals surface area contributed by atoms with E-state index in [1.54, 1.807) is 0 Å². The van der Waals surface area contributed by atoms with E-state index >= 15 is 0 Å². The van der Waals surface area contributed by atoms with Crippen molar-refractivity contribution in [1.29, 1.82) is 0 Å². The zero-order valence-electron chi connectivity index (χ0n) is 21.2. The van der Waals surface area contributed by atoms with Gasteiger partial charge in [0.1, 0.15) is 5.60 Å². The average molecular weight is 477 g/mol. The van der Waals surface area contributed by atoms with Crippen LogP contribution in [0.25, 0.3) is 0 Å². The van der Waals surface area contributed by atoms with Gasteiger partial charge < -0.3 is 30.6 Å². The minimum absolute atomic E-state index is 0.0210. The first-order valence-corrected chi connectivity index (χ1v) is 13.1. The molecule has 2 atom stereocenters. The first-order valence-electron chi connectivity index (χ1n) is 13.1. The van der Waals surface area contributed by atoms with E-state index in [4.69, 9.17) is 5.11 Å². The molecule has 0 rings (SSSR count). The van der Waals surface area contributed by atoms with E-state index in [9.17, 15) is 30.3 Å². The Labute approximate surface area is 201 Å². The molecule has 0 aliphatic carbocycles. The number of hydrogen-bond donors (Lipinski definition) is 6. The number of hydrogen-bond acceptors (Lipinski definition) is 7. The van der Waals surface area contributed by atoms with Crippen molar-refractivity contribution in [2.45, 2.75) is 122 Å². The Morgan fingerprint density at radius 3 is 1.45 bits per heavy atom. The molecule has 7 nitrogen and oxygen atoms in total. The standard InChI is InChI=1S/C26H52O7/c1-22(2)15-13-11-9-7-5-3-4-6-8-10-12-14-16-24(32)26(33,17-23(31)18-27)25(19-28,20-29)21-30/h22-23,27-31,33H,3-21H2,1-2H3. The lowest BCUT2D eigenvalue weighted by molar-refractivity contribution is -0.184. The van der Waals surface area contributed by atoms with E-state index in [1.165, 1.54) is 57.8 Å². The van der Waals surface area contributed by atoms with Crippen LogP contribution in [-0.4, -0.2) is 74.6 Å². The molecule has 0 saturated heterocycles. The maximum Gasteiger partial charge on any atom is 0.165 e. The Morgan fingerprint density at radius 1 is 0.697 bits per heavy atom. The van der Waals surface area contributed by atoms with Crippen molar-refractivity contribution >= 4 is 5.78 Å². The smallest absolute Gasteiger partial charge is 0.165 e. The van der Waals surface area contributed by atoms with E-state index in [1.807, 2.05) is 0 Å². The Morgan fingerprint density at radius 2 is 1.09 bits per heavy atom. The molecule has 0 aliphatic heterocycles. The Hall–Kier alpha value is -0.570. The minimum Gasteiger partial charge on any atom is -0.395 e. The number of carbonyl (C=O) groups excluding carboxylic acids is 1. The van der Waals surface area contributed by atoms with Gasteiger partial charge in [0, 0.05) is 12.8 Å². The monoisotopic (exact) mass is 476 g/mol. The Balaban J connectivity index is 4.14. The lowest BCUT2D eigenvalue weighted by atomic mass is 9.67. The fourth-order valence-electron chi connectivity index (χ4n) is 4.39. The van der Waals surface area contributed by atoms with Crippen molar-refractivity contribution in [2.75, 3.05) is 26.4 Å². The lowest BCUT2D eigenvalue weighted by Gasteiger charge is -2.43. The lowest BCUT2D eigenvalue weighted by Crippen LogP contribution is -2.61. The molecule has 0 amide bonds. The van der Waals surface area contributed by atoms with Crippen LogP contribution in [0.5, 0.6) is 0 Å². The van der Waals surface area contributed by atoms with Gasteiger partial charge in [0.2, 0.25) is 0 Å². The molecule has 0 saturated carbocycles. The molecule has 0 aromatic rings. The highest BCUT2D eigenvalue weighted by Gasteiger charge is 2.54. The first kappa shape index (κ1) is 32.4. The SMILES string of the molecule is CC(C)CCCCCCCCCCCCCCC(=O)C(O)(CC(O)CO)C(CO)(CO)CO. The molecule has 0 radical (unpaired) electrons. The van der Waals surface area contributed by atoms with Crippen molar-refractivity contribution in [1.82, 2.24) is 0 Å². The predicted octanol–water partition coefficient (Wildman–Crippen LogP) is 3.11. The summed E-state index contributed by atoms with van der Waals surface area (Å²) in [6.45, 7) is 1.41. The maximum atomic E-state index is 12.8. The summed E-state index contributed by atoms with van der Waals surface area (Å²) in [5.74, 6) is 0.171. The van der Waals surface area contributed by atoms with Crippen molar-refractivity contribution in [3.8, 4) is 0 Å². The summed E-state index contributed by atoms with van der Waals surface area (Å²) in [4.78, 5) is 12.8. The number of rotatable bonds is 23. The molecular formula is C26H52O7. The van der Waals surface area contributed by atoms with Gasteiger partial charge in [-0.05, 0) is 12.3 Å². The zero-order valence-corrected chi connectivity index (χ0v) is 21.2. The second-order valence-electron chi connectivity index (χ2n) is 10.3. The molecule has 0 aromatic carbocycles. The van der Waals surface area contributed by atoms with Gasteiger partial charge in [-0.15, -0.1) is 0 Å². The van der Waals surface area contributed by atoms with Gasteiger partial charge in [0.15, 0.2) is 5.78 Å². The topological polar surface area (TPSA) is 138 Å². The molecule has 0 aliphatic rings. The molecule has 0 spiro atoms. The fourth-order valence-corrected chi connectivity index (χ4v) is 4.39. The highest BCUT2D eigenvalue weighted by atomic mass is 16.3. The second kappa shape index (κ2) is 18.7. The van der Waals surface area contributed by atoms with E-state index < -0.39 is 55.8 Å². The van der Waals surface area contributed by atoms with Crippen LogP contribution in [0.1, 0.15) is 110 Å². The molecule has 198 valence electrons. The molecule has 33 heavy (non-hydrogen) atoms. The fraction of sp³-hybridized carbons (Fsp3) is 0.962. The number of unbranched alkanes of at least 4 members (excludes halogenated alkanes) is 11. The van der Waals surface area contributed by atoms with Crippen LogP contribution in [0, 0.1) is 11.3 Å². The normalized spacial score (nSPS) is 15.1. The van der Waals surface area contributed by atoms with Crippen LogP contribution in [0.3, 0.4) is 0 Å². The quantitative estimate of drug-likeness (QED) is 0.125. The average Bonchev–Trinajstić information content (AvgIpc) is 2.80.